The van der Waals surface area contributed by atoms with E-state index in [2.05, 4.69) is 5.32 Å². The second-order valence-corrected chi connectivity index (χ2v) is 6.40. The number of esters is 1. The summed E-state index contributed by atoms with van der Waals surface area (Å²) in [6.07, 6.45) is 0. The first-order valence-electron chi connectivity index (χ1n) is 7.71. The lowest BCUT2D eigenvalue weighted by Gasteiger charge is -2.09. The van der Waals surface area contributed by atoms with Gasteiger partial charge >= 0.3 is 5.97 Å². The molecule has 0 radical (unpaired) electrons. The van der Waals surface area contributed by atoms with Crippen LogP contribution in [0.1, 0.15) is 20.7 Å². The quantitative estimate of drug-likeness (QED) is 0.687. The lowest BCUT2D eigenvalue weighted by molar-refractivity contribution is 0.0604. The third kappa shape index (κ3) is 3.34. The van der Waals surface area contributed by atoms with Crippen molar-refractivity contribution < 1.29 is 23.8 Å². The summed E-state index contributed by atoms with van der Waals surface area (Å²) in [5.74, 6) is 0.123. The highest BCUT2D eigenvalue weighted by Crippen LogP contribution is 2.36. The van der Waals surface area contributed by atoms with Crippen molar-refractivity contribution in [3.63, 3.8) is 0 Å². The Morgan fingerprint density at radius 2 is 1.62 bits per heavy atom. The Labute approximate surface area is 154 Å². The predicted octanol–water partition coefficient (Wildman–Crippen LogP) is 3.96. The number of carbonyl (C=O) groups is 2. The zero-order chi connectivity index (χ0) is 18.7. The highest BCUT2D eigenvalue weighted by Gasteiger charge is 2.21. The number of fused-ring (bicyclic) bond motifs is 1. The van der Waals surface area contributed by atoms with Gasteiger partial charge in [0.15, 0.2) is 0 Å². The summed E-state index contributed by atoms with van der Waals surface area (Å²) in [4.78, 5) is 24.9. The Kier molecular flexibility index (Phi) is 5.09. The van der Waals surface area contributed by atoms with Crippen LogP contribution in [0.2, 0.25) is 0 Å². The molecule has 26 heavy (non-hydrogen) atoms. The SMILES string of the molecule is COC(=O)c1c(NC(=O)c2cc(OC)cc(OC)c2)sc2ccccc12. The Balaban J connectivity index is 2.01. The molecule has 0 saturated heterocycles. The Hall–Kier alpha value is -3.06. The molecule has 7 heteroatoms. The summed E-state index contributed by atoms with van der Waals surface area (Å²) < 4.78 is 16.1. The number of hydrogen-bond donors (Lipinski definition) is 1. The van der Waals surface area contributed by atoms with E-state index in [1.807, 2.05) is 24.3 Å². The lowest BCUT2D eigenvalue weighted by Crippen LogP contribution is -2.14. The number of anilines is 1. The van der Waals surface area contributed by atoms with E-state index in [1.165, 1.54) is 32.7 Å². The van der Waals surface area contributed by atoms with E-state index in [4.69, 9.17) is 14.2 Å². The molecule has 1 amide bonds. The summed E-state index contributed by atoms with van der Waals surface area (Å²) in [5.41, 5.74) is 0.700. The maximum atomic E-state index is 12.7. The van der Waals surface area contributed by atoms with Gasteiger partial charge in [0.05, 0.1) is 21.3 Å². The van der Waals surface area contributed by atoms with Crippen LogP contribution in [-0.4, -0.2) is 33.2 Å². The molecule has 0 aliphatic heterocycles. The number of carbonyl (C=O) groups excluding carboxylic acids is 2. The summed E-state index contributed by atoms with van der Waals surface area (Å²) in [6.45, 7) is 0. The van der Waals surface area contributed by atoms with Gasteiger partial charge in [-0.05, 0) is 18.2 Å². The predicted molar refractivity (Wildman–Crippen MR) is 101 cm³/mol. The van der Waals surface area contributed by atoms with Crippen molar-refractivity contribution in [1.82, 2.24) is 0 Å². The molecule has 2 aromatic carbocycles. The fraction of sp³-hybridized carbons (Fsp3) is 0.158. The molecule has 3 rings (SSSR count). The van der Waals surface area contributed by atoms with Crippen molar-refractivity contribution in [3.05, 3.63) is 53.6 Å². The molecule has 1 aromatic heterocycles. The van der Waals surface area contributed by atoms with Crippen molar-refractivity contribution in [2.24, 2.45) is 0 Å². The minimum absolute atomic E-state index is 0.344. The molecule has 6 nitrogen and oxygen atoms in total. The maximum Gasteiger partial charge on any atom is 0.341 e. The van der Waals surface area contributed by atoms with Crippen LogP contribution in [0.15, 0.2) is 42.5 Å². The van der Waals surface area contributed by atoms with Gasteiger partial charge in [0.1, 0.15) is 22.1 Å². The van der Waals surface area contributed by atoms with Crippen LogP contribution in [0, 0.1) is 0 Å². The summed E-state index contributed by atoms with van der Waals surface area (Å²) in [6, 6.07) is 12.3. The molecular formula is C19H17NO5S. The third-order valence-electron chi connectivity index (χ3n) is 3.83. The minimum Gasteiger partial charge on any atom is -0.497 e. The van der Waals surface area contributed by atoms with E-state index in [0.29, 0.717) is 27.6 Å². The van der Waals surface area contributed by atoms with Crippen LogP contribution in [0.25, 0.3) is 10.1 Å². The van der Waals surface area contributed by atoms with Gasteiger partial charge in [-0.15, -0.1) is 11.3 Å². The number of nitrogens with one attached hydrogen (secondary N) is 1. The molecule has 0 atom stereocenters. The van der Waals surface area contributed by atoms with Crippen molar-refractivity contribution in [2.45, 2.75) is 0 Å². The number of hydrogen-bond acceptors (Lipinski definition) is 6. The van der Waals surface area contributed by atoms with Crippen LogP contribution >= 0.6 is 11.3 Å². The molecule has 3 aromatic rings. The van der Waals surface area contributed by atoms with Gasteiger partial charge in [-0.3, -0.25) is 4.79 Å². The van der Waals surface area contributed by atoms with Crippen LogP contribution < -0.4 is 14.8 Å². The first kappa shape index (κ1) is 17.8. The molecular weight excluding hydrogens is 354 g/mol. The summed E-state index contributed by atoms with van der Waals surface area (Å²) >= 11 is 1.32. The van der Waals surface area contributed by atoms with Crippen molar-refractivity contribution in [1.29, 1.82) is 0 Å². The Morgan fingerprint density at radius 3 is 2.23 bits per heavy atom. The smallest absolute Gasteiger partial charge is 0.341 e. The molecule has 134 valence electrons. The third-order valence-corrected chi connectivity index (χ3v) is 4.91. The summed E-state index contributed by atoms with van der Waals surface area (Å²) in [5, 5.41) is 3.98. The number of methoxy groups -OCH3 is 3. The van der Waals surface area contributed by atoms with E-state index in [-0.39, 0.29) is 5.91 Å². The van der Waals surface area contributed by atoms with Crippen molar-refractivity contribution >= 4 is 38.3 Å². The van der Waals surface area contributed by atoms with Gasteiger partial charge in [0.2, 0.25) is 0 Å². The van der Waals surface area contributed by atoms with Gasteiger partial charge in [0.25, 0.3) is 5.91 Å². The minimum atomic E-state index is -0.499. The molecule has 0 fully saturated rings. The molecule has 0 saturated carbocycles. The Morgan fingerprint density at radius 1 is 0.962 bits per heavy atom. The van der Waals surface area contributed by atoms with Crippen LogP contribution in [0.5, 0.6) is 11.5 Å². The zero-order valence-corrected chi connectivity index (χ0v) is 15.3. The van der Waals surface area contributed by atoms with E-state index >= 15 is 0 Å². The highest BCUT2D eigenvalue weighted by atomic mass is 32.1. The van der Waals surface area contributed by atoms with Crippen LogP contribution in [0.4, 0.5) is 5.00 Å². The van der Waals surface area contributed by atoms with Crippen molar-refractivity contribution in [3.8, 4) is 11.5 Å². The number of rotatable bonds is 5. The van der Waals surface area contributed by atoms with E-state index in [9.17, 15) is 9.59 Å². The lowest BCUT2D eigenvalue weighted by atomic mass is 10.1. The van der Waals surface area contributed by atoms with Crippen LogP contribution in [0.3, 0.4) is 0 Å². The molecule has 0 aliphatic carbocycles. The molecule has 0 aliphatic rings. The molecule has 0 bridgehead atoms. The van der Waals surface area contributed by atoms with E-state index < -0.39 is 5.97 Å². The van der Waals surface area contributed by atoms with Gasteiger partial charge in [-0.2, -0.15) is 0 Å². The first-order chi connectivity index (χ1) is 12.6. The molecule has 1 N–H and O–H groups in total. The van der Waals surface area contributed by atoms with Gasteiger partial charge < -0.3 is 19.5 Å². The monoisotopic (exact) mass is 371 g/mol. The standard InChI is InChI=1S/C19H17NO5S/c1-23-12-8-11(9-13(10-12)24-2)17(21)20-18-16(19(22)25-3)14-6-4-5-7-15(14)26-18/h4-10H,1-3H3,(H,20,21). The Bertz CT molecular complexity index is 957. The molecule has 0 unspecified atom stereocenters. The fourth-order valence-corrected chi connectivity index (χ4v) is 3.64. The topological polar surface area (TPSA) is 73.9 Å². The largest absolute Gasteiger partial charge is 0.497 e. The molecule has 1 heterocycles. The van der Waals surface area contributed by atoms with Gasteiger partial charge in [0, 0.05) is 21.7 Å². The van der Waals surface area contributed by atoms with Gasteiger partial charge in [-0.1, -0.05) is 18.2 Å². The van der Waals surface area contributed by atoms with E-state index in [1.54, 1.807) is 18.2 Å². The average molecular weight is 371 g/mol. The molecule has 0 spiro atoms. The highest BCUT2D eigenvalue weighted by molar-refractivity contribution is 7.23. The van der Waals surface area contributed by atoms with Crippen molar-refractivity contribution in [2.75, 3.05) is 26.6 Å². The average Bonchev–Trinajstić information content (AvgIpc) is 3.04. The number of amides is 1. The van der Waals surface area contributed by atoms with Crippen LogP contribution in [-0.2, 0) is 4.74 Å². The maximum absolute atomic E-state index is 12.7. The summed E-state index contributed by atoms with van der Waals surface area (Å²) in [7, 11) is 4.34. The fourth-order valence-electron chi connectivity index (χ4n) is 2.55. The second-order valence-electron chi connectivity index (χ2n) is 5.35. The number of benzene rings is 2. The number of ether oxygens (including phenoxy) is 3. The van der Waals surface area contributed by atoms with Gasteiger partial charge in [-0.25, -0.2) is 4.79 Å². The zero-order valence-electron chi connectivity index (χ0n) is 14.5. The number of thiophene rings is 1. The van der Waals surface area contributed by atoms with E-state index in [0.717, 1.165) is 10.1 Å². The second kappa shape index (κ2) is 7.45. The normalized spacial score (nSPS) is 10.4. The first-order valence-corrected chi connectivity index (χ1v) is 8.53.